The van der Waals surface area contributed by atoms with E-state index in [1.165, 1.54) is 13.8 Å². The van der Waals surface area contributed by atoms with Gasteiger partial charge in [-0.1, -0.05) is 0 Å². The van der Waals surface area contributed by atoms with E-state index < -0.39 is 30.6 Å². The quantitative estimate of drug-likeness (QED) is 0.704. The summed E-state index contributed by atoms with van der Waals surface area (Å²) in [5, 5.41) is 2.15. The monoisotopic (exact) mass is 198 g/mol. The van der Waals surface area contributed by atoms with Crippen LogP contribution in [0.2, 0.25) is 0 Å². The van der Waals surface area contributed by atoms with Crippen molar-refractivity contribution >= 4 is 5.91 Å². The summed E-state index contributed by atoms with van der Waals surface area (Å²) >= 11 is 0. The molecule has 6 heteroatoms. The molecule has 0 spiro atoms. The Labute approximate surface area is 74.5 Å². The minimum absolute atomic E-state index is 0.572. The molecule has 0 radical (unpaired) electrons. The Morgan fingerprint density at radius 2 is 1.92 bits per heavy atom. The molecule has 0 fully saturated rings. The molecule has 78 valence electrons. The summed E-state index contributed by atoms with van der Waals surface area (Å²) < 4.78 is 35.3. The molecule has 0 bridgehead atoms. The van der Waals surface area contributed by atoms with Crippen LogP contribution in [0.1, 0.15) is 20.3 Å². The van der Waals surface area contributed by atoms with E-state index in [0.717, 1.165) is 0 Å². The molecule has 3 N–H and O–H groups in total. The molecule has 0 aliphatic heterocycles. The molecule has 0 rings (SSSR count). The number of alkyl halides is 3. The van der Waals surface area contributed by atoms with Crippen LogP contribution in [-0.4, -0.2) is 24.2 Å². The summed E-state index contributed by atoms with van der Waals surface area (Å²) in [5.41, 5.74) is 5.15. The minimum atomic E-state index is -4.26. The third-order valence-electron chi connectivity index (χ3n) is 1.34. The van der Waals surface area contributed by atoms with Crippen molar-refractivity contribution in [2.45, 2.75) is 38.5 Å². The number of carbonyl (C=O) groups is 1. The van der Waals surface area contributed by atoms with Crippen LogP contribution in [-0.2, 0) is 4.79 Å². The molecule has 2 unspecified atom stereocenters. The lowest BCUT2D eigenvalue weighted by Crippen LogP contribution is -2.44. The van der Waals surface area contributed by atoms with Gasteiger partial charge in [0.1, 0.15) is 0 Å². The number of hydrogen-bond acceptors (Lipinski definition) is 2. The highest BCUT2D eigenvalue weighted by Crippen LogP contribution is 2.21. The fraction of sp³-hybridized carbons (Fsp3) is 0.857. The van der Waals surface area contributed by atoms with Gasteiger partial charge in [0, 0.05) is 6.04 Å². The Bertz CT molecular complexity index is 179. The topological polar surface area (TPSA) is 55.1 Å². The van der Waals surface area contributed by atoms with E-state index in [1.54, 1.807) is 0 Å². The SMILES string of the molecule is CC(CC(F)(F)F)NC(=O)C(C)N. The minimum Gasteiger partial charge on any atom is -0.352 e. The predicted molar refractivity (Wildman–Crippen MR) is 41.9 cm³/mol. The van der Waals surface area contributed by atoms with Crippen LogP contribution in [0.4, 0.5) is 13.2 Å². The van der Waals surface area contributed by atoms with Gasteiger partial charge >= 0.3 is 6.18 Å². The van der Waals surface area contributed by atoms with Crippen LogP contribution < -0.4 is 11.1 Å². The number of halogens is 3. The molecule has 0 aromatic carbocycles. The van der Waals surface area contributed by atoms with Crippen LogP contribution >= 0.6 is 0 Å². The van der Waals surface area contributed by atoms with Crippen molar-refractivity contribution in [3.05, 3.63) is 0 Å². The maximum atomic E-state index is 11.8. The Hall–Kier alpha value is -0.780. The van der Waals surface area contributed by atoms with Crippen LogP contribution in [0.25, 0.3) is 0 Å². The van der Waals surface area contributed by atoms with Crippen LogP contribution in [0.3, 0.4) is 0 Å². The Kier molecular flexibility index (Phi) is 4.19. The summed E-state index contributed by atoms with van der Waals surface area (Å²) in [5.74, 6) is -0.572. The van der Waals surface area contributed by atoms with E-state index >= 15 is 0 Å². The van der Waals surface area contributed by atoms with Crippen molar-refractivity contribution in [2.75, 3.05) is 0 Å². The molecule has 2 atom stereocenters. The van der Waals surface area contributed by atoms with Gasteiger partial charge in [-0.05, 0) is 13.8 Å². The number of rotatable bonds is 3. The third-order valence-corrected chi connectivity index (χ3v) is 1.34. The van der Waals surface area contributed by atoms with Gasteiger partial charge in [0.15, 0.2) is 0 Å². The highest BCUT2D eigenvalue weighted by atomic mass is 19.4. The lowest BCUT2D eigenvalue weighted by molar-refractivity contribution is -0.141. The maximum Gasteiger partial charge on any atom is 0.391 e. The zero-order valence-electron chi connectivity index (χ0n) is 7.48. The summed E-state index contributed by atoms with van der Waals surface area (Å²) in [4.78, 5) is 10.8. The number of carbonyl (C=O) groups excluding carboxylic acids is 1. The first-order valence-electron chi connectivity index (χ1n) is 3.85. The first-order valence-corrected chi connectivity index (χ1v) is 3.85. The number of nitrogens with two attached hydrogens (primary N) is 1. The fourth-order valence-corrected chi connectivity index (χ4v) is 0.773. The highest BCUT2D eigenvalue weighted by Gasteiger charge is 2.30. The predicted octanol–water partition coefficient (Wildman–Crippen LogP) is 0.791. The van der Waals surface area contributed by atoms with Crippen molar-refractivity contribution < 1.29 is 18.0 Å². The summed E-state index contributed by atoms with van der Waals surface area (Å²) in [7, 11) is 0. The van der Waals surface area contributed by atoms with Gasteiger partial charge in [-0.15, -0.1) is 0 Å². The lowest BCUT2D eigenvalue weighted by Gasteiger charge is -2.16. The average Bonchev–Trinajstić information content (AvgIpc) is 1.81. The van der Waals surface area contributed by atoms with Crippen molar-refractivity contribution in [1.29, 1.82) is 0 Å². The van der Waals surface area contributed by atoms with Crippen molar-refractivity contribution in [3.8, 4) is 0 Å². The first kappa shape index (κ1) is 12.2. The molecule has 1 amide bonds. The normalized spacial score (nSPS) is 16.5. The summed E-state index contributed by atoms with van der Waals surface area (Å²) in [6.07, 6.45) is -5.30. The third kappa shape index (κ3) is 6.39. The molecule has 0 aliphatic rings. The second-order valence-electron chi connectivity index (χ2n) is 3.02. The summed E-state index contributed by atoms with van der Waals surface area (Å²) in [6.45, 7) is 2.70. The number of nitrogens with one attached hydrogen (secondary N) is 1. The zero-order chi connectivity index (χ0) is 10.6. The molecule has 0 aromatic rings. The smallest absolute Gasteiger partial charge is 0.352 e. The Morgan fingerprint density at radius 1 is 1.46 bits per heavy atom. The maximum absolute atomic E-state index is 11.8. The van der Waals surface area contributed by atoms with Crippen molar-refractivity contribution in [1.82, 2.24) is 5.32 Å². The zero-order valence-corrected chi connectivity index (χ0v) is 7.48. The lowest BCUT2D eigenvalue weighted by atomic mass is 10.2. The van der Waals surface area contributed by atoms with E-state index in [-0.39, 0.29) is 0 Å². The number of hydrogen-bond donors (Lipinski definition) is 2. The first-order chi connectivity index (χ1) is 5.72. The van der Waals surface area contributed by atoms with Crippen LogP contribution in [0.15, 0.2) is 0 Å². The van der Waals surface area contributed by atoms with Crippen LogP contribution in [0, 0.1) is 0 Å². The Morgan fingerprint density at radius 3 is 2.23 bits per heavy atom. The average molecular weight is 198 g/mol. The van der Waals surface area contributed by atoms with E-state index in [2.05, 4.69) is 5.32 Å². The second kappa shape index (κ2) is 4.45. The van der Waals surface area contributed by atoms with Gasteiger partial charge < -0.3 is 11.1 Å². The van der Waals surface area contributed by atoms with Gasteiger partial charge in [0.05, 0.1) is 12.5 Å². The van der Waals surface area contributed by atoms with Crippen molar-refractivity contribution in [2.24, 2.45) is 5.73 Å². The second-order valence-corrected chi connectivity index (χ2v) is 3.02. The molecule has 0 saturated heterocycles. The van der Waals surface area contributed by atoms with E-state index in [1.807, 2.05) is 0 Å². The molecule has 0 aromatic heterocycles. The van der Waals surface area contributed by atoms with Crippen LogP contribution in [0.5, 0.6) is 0 Å². The van der Waals surface area contributed by atoms with Gasteiger partial charge in [-0.2, -0.15) is 13.2 Å². The molecular formula is C7H13F3N2O. The molecule has 0 saturated carbocycles. The fourth-order valence-electron chi connectivity index (χ4n) is 0.773. The van der Waals surface area contributed by atoms with Gasteiger partial charge in [-0.25, -0.2) is 0 Å². The highest BCUT2D eigenvalue weighted by molar-refractivity contribution is 5.81. The van der Waals surface area contributed by atoms with E-state index in [0.29, 0.717) is 0 Å². The van der Waals surface area contributed by atoms with Gasteiger partial charge in [-0.3, -0.25) is 4.79 Å². The van der Waals surface area contributed by atoms with Gasteiger partial charge in [0.2, 0.25) is 5.91 Å². The van der Waals surface area contributed by atoms with Gasteiger partial charge in [0.25, 0.3) is 0 Å². The standard InChI is InChI=1S/C7H13F3N2O/c1-4(3-7(8,9)10)12-6(13)5(2)11/h4-5H,3,11H2,1-2H3,(H,12,13). The molecule has 3 nitrogen and oxygen atoms in total. The molecule has 0 aliphatic carbocycles. The molecule has 13 heavy (non-hydrogen) atoms. The molecular weight excluding hydrogens is 185 g/mol. The Balaban J connectivity index is 3.88. The summed E-state index contributed by atoms with van der Waals surface area (Å²) in [6, 6.07) is -1.71. The molecule has 0 heterocycles. The van der Waals surface area contributed by atoms with E-state index in [9.17, 15) is 18.0 Å². The van der Waals surface area contributed by atoms with E-state index in [4.69, 9.17) is 5.73 Å². The number of amides is 1. The largest absolute Gasteiger partial charge is 0.391 e. The van der Waals surface area contributed by atoms with Crippen molar-refractivity contribution in [3.63, 3.8) is 0 Å².